The molecular formula is C13H25NO. The first-order chi connectivity index (χ1) is 6.87. The van der Waals surface area contributed by atoms with E-state index in [1.54, 1.807) is 0 Å². The third kappa shape index (κ3) is 1.72. The van der Waals surface area contributed by atoms with Crippen LogP contribution in [-0.2, 0) is 0 Å². The monoisotopic (exact) mass is 211 g/mol. The molecule has 2 nitrogen and oxygen atoms in total. The Bertz CT molecular complexity index is 233. The molecule has 0 amide bonds. The summed E-state index contributed by atoms with van der Waals surface area (Å²) in [6, 6.07) is 0.910. The molecule has 0 aromatic rings. The van der Waals surface area contributed by atoms with Crippen LogP contribution in [0.4, 0.5) is 0 Å². The third-order valence-corrected chi connectivity index (χ3v) is 5.13. The summed E-state index contributed by atoms with van der Waals surface area (Å²) in [5.74, 6) is 0. The van der Waals surface area contributed by atoms with Crippen LogP contribution < -0.4 is 5.32 Å². The molecule has 0 saturated heterocycles. The summed E-state index contributed by atoms with van der Waals surface area (Å²) in [5.41, 5.74) is 0.758. The van der Waals surface area contributed by atoms with Gasteiger partial charge in [-0.05, 0) is 23.7 Å². The molecule has 0 aromatic heterocycles. The lowest BCUT2D eigenvalue weighted by atomic mass is 9.92. The molecule has 2 rings (SSSR count). The molecule has 0 bridgehead atoms. The Morgan fingerprint density at radius 3 is 2.00 bits per heavy atom. The van der Waals surface area contributed by atoms with Crippen LogP contribution in [0.1, 0.15) is 53.4 Å². The van der Waals surface area contributed by atoms with E-state index in [9.17, 15) is 5.11 Å². The van der Waals surface area contributed by atoms with E-state index in [0.717, 1.165) is 12.8 Å². The summed E-state index contributed by atoms with van der Waals surface area (Å²) in [7, 11) is 0. The molecule has 2 heteroatoms. The second-order valence-corrected chi connectivity index (χ2v) is 6.50. The molecule has 88 valence electrons. The van der Waals surface area contributed by atoms with Gasteiger partial charge in [0.05, 0.1) is 6.10 Å². The highest BCUT2D eigenvalue weighted by molar-refractivity contribution is 5.18. The fourth-order valence-corrected chi connectivity index (χ4v) is 3.13. The number of aliphatic hydroxyl groups excluding tert-OH is 1. The Labute approximate surface area is 93.5 Å². The first-order valence-electron chi connectivity index (χ1n) is 6.31. The SMILES string of the molecule is CC1(C)C(NC2CCCCC2O)C1(C)C. The molecular weight excluding hydrogens is 186 g/mol. The predicted molar refractivity (Wildman–Crippen MR) is 62.7 cm³/mol. The number of hydrogen-bond acceptors (Lipinski definition) is 2. The predicted octanol–water partition coefficient (Wildman–Crippen LogP) is 2.31. The number of hydrogen-bond donors (Lipinski definition) is 2. The van der Waals surface area contributed by atoms with Gasteiger partial charge < -0.3 is 10.4 Å². The van der Waals surface area contributed by atoms with Crippen molar-refractivity contribution in [2.75, 3.05) is 0 Å². The van der Waals surface area contributed by atoms with E-state index in [1.165, 1.54) is 12.8 Å². The Kier molecular flexibility index (Phi) is 2.63. The molecule has 2 N–H and O–H groups in total. The van der Waals surface area contributed by atoms with E-state index in [0.29, 0.717) is 22.9 Å². The molecule has 2 atom stereocenters. The highest BCUT2D eigenvalue weighted by atomic mass is 16.3. The first kappa shape index (κ1) is 11.4. The molecule has 0 spiro atoms. The number of nitrogens with one attached hydrogen (secondary N) is 1. The van der Waals surface area contributed by atoms with Crippen LogP contribution in [0.2, 0.25) is 0 Å². The normalized spacial score (nSPS) is 39.0. The molecule has 15 heavy (non-hydrogen) atoms. The van der Waals surface area contributed by atoms with E-state index in [-0.39, 0.29) is 6.10 Å². The molecule has 2 unspecified atom stereocenters. The third-order valence-electron chi connectivity index (χ3n) is 5.13. The molecule has 2 aliphatic rings. The molecule has 2 aliphatic carbocycles. The topological polar surface area (TPSA) is 32.3 Å². The lowest BCUT2D eigenvalue weighted by Gasteiger charge is -2.29. The van der Waals surface area contributed by atoms with Gasteiger partial charge in [0.2, 0.25) is 0 Å². The summed E-state index contributed by atoms with van der Waals surface area (Å²) in [6.45, 7) is 9.28. The molecule has 0 aromatic carbocycles. The summed E-state index contributed by atoms with van der Waals surface area (Å²) < 4.78 is 0. The van der Waals surface area contributed by atoms with Crippen molar-refractivity contribution in [1.29, 1.82) is 0 Å². The van der Waals surface area contributed by atoms with Crippen LogP contribution in [-0.4, -0.2) is 23.3 Å². The van der Waals surface area contributed by atoms with E-state index in [1.807, 2.05) is 0 Å². The maximum absolute atomic E-state index is 9.92. The van der Waals surface area contributed by atoms with Crippen LogP contribution in [0.5, 0.6) is 0 Å². The second kappa shape index (κ2) is 3.46. The van der Waals surface area contributed by atoms with Gasteiger partial charge in [0, 0.05) is 12.1 Å². The smallest absolute Gasteiger partial charge is 0.0693 e. The molecule has 2 fully saturated rings. The van der Waals surface area contributed by atoms with Gasteiger partial charge >= 0.3 is 0 Å². The van der Waals surface area contributed by atoms with Crippen LogP contribution >= 0.6 is 0 Å². The highest BCUT2D eigenvalue weighted by Gasteiger charge is 2.65. The fraction of sp³-hybridized carbons (Fsp3) is 1.00. The summed E-state index contributed by atoms with van der Waals surface area (Å²) >= 11 is 0. The minimum absolute atomic E-state index is 0.119. The van der Waals surface area contributed by atoms with Crippen LogP contribution in [0.3, 0.4) is 0 Å². The van der Waals surface area contributed by atoms with Gasteiger partial charge in [-0.1, -0.05) is 40.5 Å². The van der Waals surface area contributed by atoms with Crippen molar-refractivity contribution < 1.29 is 5.11 Å². The fourth-order valence-electron chi connectivity index (χ4n) is 3.13. The largest absolute Gasteiger partial charge is 0.392 e. The van der Waals surface area contributed by atoms with Crippen molar-refractivity contribution in [3.8, 4) is 0 Å². The Morgan fingerprint density at radius 2 is 1.53 bits per heavy atom. The zero-order chi connectivity index (χ0) is 11.3. The highest BCUT2D eigenvalue weighted by Crippen LogP contribution is 2.62. The van der Waals surface area contributed by atoms with E-state index < -0.39 is 0 Å². The summed E-state index contributed by atoms with van der Waals surface area (Å²) in [6.07, 6.45) is 4.46. The molecule has 0 heterocycles. The van der Waals surface area contributed by atoms with Gasteiger partial charge in [0.1, 0.15) is 0 Å². The minimum atomic E-state index is -0.119. The van der Waals surface area contributed by atoms with Crippen molar-refractivity contribution in [3.63, 3.8) is 0 Å². The average molecular weight is 211 g/mol. The second-order valence-electron chi connectivity index (χ2n) is 6.50. The maximum atomic E-state index is 9.92. The van der Waals surface area contributed by atoms with Gasteiger partial charge in [0.15, 0.2) is 0 Å². The van der Waals surface area contributed by atoms with E-state index in [2.05, 4.69) is 33.0 Å². The van der Waals surface area contributed by atoms with Crippen LogP contribution in [0.15, 0.2) is 0 Å². The van der Waals surface area contributed by atoms with E-state index in [4.69, 9.17) is 0 Å². The van der Waals surface area contributed by atoms with Gasteiger partial charge in [-0.15, -0.1) is 0 Å². The van der Waals surface area contributed by atoms with Gasteiger partial charge in [-0.2, -0.15) is 0 Å². The Morgan fingerprint density at radius 1 is 1.00 bits per heavy atom. The first-order valence-corrected chi connectivity index (χ1v) is 6.31. The van der Waals surface area contributed by atoms with Gasteiger partial charge in [-0.3, -0.25) is 0 Å². The standard InChI is InChI=1S/C13H25NO/c1-12(2)11(13(12,3)4)14-9-7-5-6-8-10(9)15/h9-11,14-15H,5-8H2,1-4H3. The molecule has 0 aliphatic heterocycles. The summed E-state index contributed by atoms with van der Waals surface area (Å²) in [4.78, 5) is 0. The number of rotatable bonds is 2. The number of aliphatic hydroxyl groups is 1. The zero-order valence-corrected chi connectivity index (χ0v) is 10.5. The van der Waals surface area contributed by atoms with Gasteiger partial charge in [0.25, 0.3) is 0 Å². The molecule has 2 saturated carbocycles. The Hall–Kier alpha value is -0.0800. The lowest BCUT2D eigenvalue weighted by molar-refractivity contribution is 0.0876. The maximum Gasteiger partial charge on any atom is 0.0693 e. The quantitative estimate of drug-likeness (QED) is 0.734. The van der Waals surface area contributed by atoms with Crippen LogP contribution in [0, 0.1) is 10.8 Å². The molecule has 0 radical (unpaired) electrons. The van der Waals surface area contributed by atoms with Crippen LogP contribution in [0.25, 0.3) is 0 Å². The summed E-state index contributed by atoms with van der Waals surface area (Å²) in [5, 5.41) is 13.6. The van der Waals surface area contributed by atoms with Gasteiger partial charge in [-0.25, -0.2) is 0 Å². The average Bonchev–Trinajstić information content (AvgIpc) is 2.51. The van der Waals surface area contributed by atoms with E-state index >= 15 is 0 Å². The van der Waals surface area contributed by atoms with Crippen molar-refractivity contribution in [3.05, 3.63) is 0 Å². The van der Waals surface area contributed by atoms with Crippen molar-refractivity contribution in [2.24, 2.45) is 10.8 Å². The zero-order valence-electron chi connectivity index (χ0n) is 10.5. The lowest BCUT2D eigenvalue weighted by Crippen LogP contribution is -2.44. The Balaban J connectivity index is 1.93. The van der Waals surface area contributed by atoms with Crippen molar-refractivity contribution in [2.45, 2.75) is 71.6 Å². The van der Waals surface area contributed by atoms with Crippen molar-refractivity contribution in [1.82, 2.24) is 5.32 Å². The van der Waals surface area contributed by atoms with Crippen molar-refractivity contribution >= 4 is 0 Å². The minimum Gasteiger partial charge on any atom is -0.392 e.